The highest BCUT2D eigenvalue weighted by Crippen LogP contribution is 2.24. The average Bonchev–Trinajstić information content (AvgIpc) is 2.86. The predicted octanol–water partition coefficient (Wildman–Crippen LogP) is 2.26. The number of nitrogens with one attached hydrogen (secondary N) is 1. The highest BCUT2D eigenvalue weighted by atomic mass is 16.3. The van der Waals surface area contributed by atoms with E-state index in [1.54, 1.807) is 29.2 Å². The first-order valence-electron chi connectivity index (χ1n) is 6.18. The number of nitrogens with zero attached hydrogens (tertiary/aromatic N) is 1. The summed E-state index contributed by atoms with van der Waals surface area (Å²) in [7, 11) is 3.67. The van der Waals surface area contributed by atoms with Crippen LogP contribution in [0.3, 0.4) is 0 Å². The Morgan fingerprint density at radius 2 is 2.10 bits per heavy atom. The molecule has 0 aliphatic rings. The minimum absolute atomic E-state index is 0.0832. The van der Waals surface area contributed by atoms with Crippen LogP contribution in [0.5, 0.6) is 0 Å². The normalized spacial score (nSPS) is 10.6. The predicted molar refractivity (Wildman–Crippen MR) is 76.7 cm³/mol. The molecule has 5 nitrogen and oxygen atoms in total. The number of aldehydes is 1. The second kappa shape index (κ2) is 6.16. The van der Waals surface area contributed by atoms with Gasteiger partial charge in [0.2, 0.25) is 5.91 Å². The number of amides is 1. The molecule has 0 aliphatic heterocycles. The fraction of sp³-hybridized carbons (Fsp3) is 0.200. The summed E-state index contributed by atoms with van der Waals surface area (Å²) in [6, 6.07) is 10.6. The minimum atomic E-state index is -0.0832. The summed E-state index contributed by atoms with van der Waals surface area (Å²) in [5.74, 6) is 0.790. The zero-order valence-electron chi connectivity index (χ0n) is 11.4. The van der Waals surface area contributed by atoms with Crippen molar-refractivity contribution in [3.63, 3.8) is 0 Å². The lowest BCUT2D eigenvalue weighted by molar-refractivity contribution is -0.116. The Hall–Kier alpha value is -2.40. The summed E-state index contributed by atoms with van der Waals surface area (Å²) >= 11 is 0. The molecule has 0 unspecified atom stereocenters. The molecule has 1 amide bonds. The van der Waals surface area contributed by atoms with Crippen molar-refractivity contribution in [3.8, 4) is 11.3 Å². The number of benzene rings is 1. The first kappa shape index (κ1) is 14.0. The number of anilines is 1. The number of carbonyl (C=O) groups is 2. The third kappa shape index (κ3) is 3.55. The molecule has 0 atom stereocenters. The molecule has 2 rings (SSSR count). The highest BCUT2D eigenvalue weighted by molar-refractivity contribution is 5.92. The molecule has 0 saturated carbocycles. The van der Waals surface area contributed by atoms with Crippen LogP contribution in [0.25, 0.3) is 11.3 Å². The molecule has 2 aromatic rings. The second-order valence-electron chi connectivity index (χ2n) is 4.69. The number of hydrogen-bond acceptors (Lipinski definition) is 4. The summed E-state index contributed by atoms with van der Waals surface area (Å²) < 4.78 is 5.35. The molecule has 0 aliphatic carbocycles. The van der Waals surface area contributed by atoms with Crippen molar-refractivity contribution in [2.24, 2.45) is 0 Å². The molecule has 0 fully saturated rings. The number of carbonyl (C=O) groups excluding carboxylic acids is 2. The summed E-state index contributed by atoms with van der Waals surface area (Å²) in [6.07, 6.45) is 0.659. The summed E-state index contributed by atoms with van der Waals surface area (Å²) in [4.78, 5) is 24.1. The van der Waals surface area contributed by atoms with E-state index in [0.29, 0.717) is 24.3 Å². The van der Waals surface area contributed by atoms with Gasteiger partial charge in [-0.2, -0.15) is 0 Å². The topological polar surface area (TPSA) is 62.6 Å². The molecule has 0 saturated heterocycles. The molecule has 1 N–H and O–H groups in total. The van der Waals surface area contributed by atoms with Gasteiger partial charge in [0.1, 0.15) is 5.76 Å². The summed E-state index contributed by atoms with van der Waals surface area (Å²) in [6.45, 7) is 0.320. The molecule has 5 heteroatoms. The van der Waals surface area contributed by atoms with Crippen molar-refractivity contribution >= 4 is 17.9 Å². The molecule has 0 spiro atoms. The standard InChI is InChI=1S/C15H16N2O3/c1-17(2)9-15(19)16-12-5-3-4-11(8-12)14-7-6-13(10-18)20-14/h3-8,10H,9H2,1-2H3,(H,16,19). The van der Waals surface area contributed by atoms with E-state index in [1.807, 2.05) is 26.2 Å². The molecule has 104 valence electrons. The van der Waals surface area contributed by atoms with E-state index >= 15 is 0 Å². The fourth-order valence-corrected chi connectivity index (χ4v) is 1.81. The van der Waals surface area contributed by atoms with Gasteiger partial charge in [-0.15, -0.1) is 0 Å². The maximum Gasteiger partial charge on any atom is 0.238 e. The lowest BCUT2D eigenvalue weighted by atomic mass is 10.1. The van der Waals surface area contributed by atoms with Gasteiger partial charge >= 0.3 is 0 Å². The van der Waals surface area contributed by atoms with Gasteiger partial charge in [-0.1, -0.05) is 12.1 Å². The Balaban J connectivity index is 2.15. The third-order valence-electron chi connectivity index (χ3n) is 2.63. The SMILES string of the molecule is CN(C)CC(=O)Nc1cccc(-c2ccc(C=O)o2)c1. The second-order valence-corrected chi connectivity index (χ2v) is 4.69. The summed E-state index contributed by atoms with van der Waals surface area (Å²) in [5.41, 5.74) is 1.50. The smallest absolute Gasteiger partial charge is 0.238 e. The van der Waals surface area contributed by atoms with Crippen LogP contribution in [0.1, 0.15) is 10.6 Å². The van der Waals surface area contributed by atoms with Gasteiger partial charge in [0.05, 0.1) is 6.54 Å². The van der Waals surface area contributed by atoms with Crippen molar-refractivity contribution in [3.05, 3.63) is 42.2 Å². The maximum absolute atomic E-state index is 11.7. The minimum Gasteiger partial charge on any atom is -0.453 e. The van der Waals surface area contributed by atoms with Gasteiger partial charge in [0.15, 0.2) is 12.0 Å². The number of hydrogen-bond donors (Lipinski definition) is 1. The molecule has 20 heavy (non-hydrogen) atoms. The van der Waals surface area contributed by atoms with Crippen LogP contribution in [-0.4, -0.2) is 37.7 Å². The third-order valence-corrected chi connectivity index (χ3v) is 2.63. The highest BCUT2D eigenvalue weighted by Gasteiger charge is 2.07. The molecule has 1 aromatic carbocycles. The molecule has 0 radical (unpaired) electrons. The van der Waals surface area contributed by atoms with Gasteiger partial charge in [0.25, 0.3) is 0 Å². The van der Waals surface area contributed by atoms with Gasteiger partial charge in [-0.05, 0) is 38.4 Å². The summed E-state index contributed by atoms with van der Waals surface area (Å²) in [5, 5.41) is 2.81. The van der Waals surface area contributed by atoms with Crippen molar-refractivity contribution in [1.82, 2.24) is 4.90 Å². The van der Waals surface area contributed by atoms with Crippen LogP contribution in [-0.2, 0) is 4.79 Å². The van der Waals surface area contributed by atoms with Crippen LogP contribution in [0.2, 0.25) is 0 Å². The van der Waals surface area contributed by atoms with Crippen LogP contribution in [0, 0.1) is 0 Å². The molecule has 1 heterocycles. The number of furan rings is 1. The first-order valence-corrected chi connectivity index (χ1v) is 6.18. The van der Waals surface area contributed by atoms with E-state index in [2.05, 4.69) is 5.32 Å². The molecule has 1 aromatic heterocycles. The average molecular weight is 272 g/mol. The first-order chi connectivity index (χ1) is 9.58. The Labute approximate surface area is 117 Å². The fourth-order valence-electron chi connectivity index (χ4n) is 1.81. The van der Waals surface area contributed by atoms with Gasteiger partial charge in [-0.25, -0.2) is 0 Å². The maximum atomic E-state index is 11.7. The Kier molecular flexibility index (Phi) is 4.32. The van der Waals surface area contributed by atoms with Crippen molar-refractivity contribution in [2.45, 2.75) is 0 Å². The largest absolute Gasteiger partial charge is 0.453 e. The van der Waals surface area contributed by atoms with E-state index in [-0.39, 0.29) is 11.7 Å². The van der Waals surface area contributed by atoms with Gasteiger partial charge < -0.3 is 14.6 Å². The van der Waals surface area contributed by atoms with Crippen LogP contribution < -0.4 is 5.32 Å². The zero-order chi connectivity index (χ0) is 14.5. The molecule has 0 bridgehead atoms. The van der Waals surface area contributed by atoms with Crippen molar-refractivity contribution < 1.29 is 14.0 Å². The van der Waals surface area contributed by atoms with Gasteiger partial charge in [0, 0.05) is 11.3 Å². The van der Waals surface area contributed by atoms with Crippen LogP contribution >= 0.6 is 0 Å². The van der Waals surface area contributed by atoms with Crippen LogP contribution in [0.15, 0.2) is 40.8 Å². The van der Waals surface area contributed by atoms with Crippen molar-refractivity contribution in [2.75, 3.05) is 26.0 Å². The number of rotatable bonds is 5. The molecular weight excluding hydrogens is 256 g/mol. The quantitative estimate of drug-likeness (QED) is 0.848. The van der Waals surface area contributed by atoms with E-state index in [0.717, 1.165) is 5.56 Å². The zero-order valence-corrected chi connectivity index (χ0v) is 11.4. The molecular formula is C15H16N2O3. The van der Waals surface area contributed by atoms with E-state index in [1.165, 1.54) is 0 Å². The Morgan fingerprint density at radius 1 is 1.30 bits per heavy atom. The van der Waals surface area contributed by atoms with E-state index in [9.17, 15) is 9.59 Å². The Bertz CT molecular complexity index is 617. The lowest BCUT2D eigenvalue weighted by Crippen LogP contribution is -2.27. The van der Waals surface area contributed by atoms with Crippen LogP contribution in [0.4, 0.5) is 5.69 Å². The number of likely N-dealkylation sites (N-methyl/N-ethyl adjacent to an activating group) is 1. The monoisotopic (exact) mass is 272 g/mol. The van der Waals surface area contributed by atoms with Gasteiger partial charge in [-0.3, -0.25) is 9.59 Å². The van der Waals surface area contributed by atoms with Crippen molar-refractivity contribution in [1.29, 1.82) is 0 Å². The van der Waals surface area contributed by atoms with E-state index < -0.39 is 0 Å². The van der Waals surface area contributed by atoms with E-state index in [4.69, 9.17) is 4.42 Å². The lowest BCUT2D eigenvalue weighted by Gasteiger charge is -2.10. The Morgan fingerprint density at radius 3 is 2.75 bits per heavy atom.